The third-order valence-corrected chi connectivity index (χ3v) is 5.21. The van der Waals surface area contributed by atoms with E-state index in [-0.39, 0.29) is 35.1 Å². The minimum Gasteiger partial charge on any atom is -0.384 e. The maximum atomic E-state index is 12.9. The van der Waals surface area contributed by atoms with Crippen molar-refractivity contribution < 1.29 is 23.9 Å². The summed E-state index contributed by atoms with van der Waals surface area (Å²) in [5.74, 6) is -0.658. The molecule has 0 spiro atoms. The summed E-state index contributed by atoms with van der Waals surface area (Å²) < 4.78 is 4.93. The van der Waals surface area contributed by atoms with Gasteiger partial charge in [0.15, 0.2) is 0 Å². The Kier molecular flexibility index (Phi) is 6.32. The van der Waals surface area contributed by atoms with E-state index >= 15 is 0 Å². The van der Waals surface area contributed by atoms with Crippen molar-refractivity contribution in [3.05, 3.63) is 34.9 Å². The van der Waals surface area contributed by atoms with Crippen LogP contribution in [0.25, 0.3) is 0 Å². The summed E-state index contributed by atoms with van der Waals surface area (Å²) in [7, 11) is 1.56. The van der Waals surface area contributed by atoms with E-state index in [9.17, 15) is 19.2 Å². The van der Waals surface area contributed by atoms with Gasteiger partial charge >= 0.3 is 0 Å². The lowest BCUT2D eigenvalue weighted by Gasteiger charge is -2.35. The van der Waals surface area contributed by atoms with Gasteiger partial charge in [0.1, 0.15) is 0 Å². The number of hydrogen-bond donors (Lipinski definition) is 0. The number of methoxy groups -OCH3 is 1. The number of fused-ring (bicyclic) bond motifs is 1. The van der Waals surface area contributed by atoms with Crippen LogP contribution in [0.2, 0.25) is 0 Å². The average molecular weight is 401 g/mol. The van der Waals surface area contributed by atoms with Crippen molar-refractivity contribution in [1.82, 2.24) is 14.7 Å². The van der Waals surface area contributed by atoms with Crippen molar-refractivity contribution >= 4 is 23.6 Å². The Morgan fingerprint density at radius 3 is 2.24 bits per heavy atom. The van der Waals surface area contributed by atoms with Crippen molar-refractivity contribution in [1.29, 1.82) is 0 Å². The van der Waals surface area contributed by atoms with E-state index in [4.69, 9.17) is 4.74 Å². The maximum Gasteiger partial charge on any atom is 0.261 e. The molecule has 0 atom stereocenters. The molecular formula is C21H27N3O5. The van der Waals surface area contributed by atoms with Crippen LogP contribution in [0.4, 0.5) is 0 Å². The minimum atomic E-state index is -0.345. The monoisotopic (exact) mass is 401 g/mol. The summed E-state index contributed by atoms with van der Waals surface area (Å²) in [5.41, 5.74) is 1.02. The predicted octanol–water partition coefficient (Wildman–Crippen LogP) is 1.26. The first-order valence-electron chi connectivity index (χ1n) is 9.89. The third-order valence-electron chi connectivity index (χ3n) is 5.21. The van der Waals surface area contributed by atoms with Gasteiger partial charge < -0.3 is 14.5 Å². The van der Waals surface area contributed by atoms with Gasteiger partial charge in [-0.05, 0) is 24.1 Å². The number of imide groups is 1. The van der Waals surface area contributed by atoms with Crippen LogP contribution in [-0.2, 0) is 9.53 Å². The highest BCUT2D eigenvalue weighted by molar-refractivity contribution is 6.22. The van der Waals surface area contributed by atoms with Crippen LogP contribution >= 0.6 is 0 Å². The van der Waals surface area contributed by atoms with E-state index in [1.165, 1.54) is 11.0 Å². The molecule has 0 saturated carbocycles. The van der Waals surface area contributed by atoms with Crippen LogP contribution in [0.3, 0.4) is 0 Å². The zero-order valence-electron chi connectivity index (χ0n) is 17.1. The van der Waals surface area contributed by atoms with Crippen LogP contribution in [0.1, 0.15) is 51.3 Å². The first-order valence-corrected chi connectivity index (χ1v) is 9.89. The van der Waals surface area contributed by atoms with Gasteiger partial charge in [0.05, 0.1) is 24.2 Å². The smallest absolute Gasteiger partial charge is 0.261 e. The number of amides is 4. The molecule has 2 heterocycles. The van der Waals surface area contributed by atoms with Gasteiger partial charge in [0.2, 0.25) is 5.91 Å². The fraction of sp³-hybridized carbons (Fsp3) is 0.524. The molecule has 3 rings (SSSR count). The van der Waals surface area contributed by atoms with Crippen LogP contribution in [-0.4, -0.2) is 84.8 Å². The van der Waals surface area contributed by atoms with Crippen LogP contribution in [0.15, 0.2) is 18.2 Å². The first-order chi connectivity index (χ1) is 13.8. The van der Waals surface area contributed by atoms with Gasteiger partial charge in [-0.1, -0.05) is 13.8 Å². The molecule has 2 aliphatic rings. The number of hydrogen-bond acceptors (Lipinski definition) is 5. The molecule has 1 aromatic rings. The van der Waals surface area contributed by atoms with Crippen molar-refractivity contribution in [3.63, 3.8) is 0 Å². The Hall–Kier alpha value is -2.74. The summed E-state index contributed by atoms with van der Waals surface area (Å²) in [4.78, 5) is 54.7. The highest BCUT2D eigenvalue weighted by atomic mass is 16.5. The molecular weight excluding hydrogens is 374 g/mol. The van der Waals surface area contributed by atoms with Gasteiger partial charge in [-0.15, -0.1) is 0 Å². The summed E-state index contributed by atoms with van der Waals surface area (Å²) in [6, 6.07) is 4.68. The molecule has 156 valence electrons. The minimum absolute atomic E-state index is 0.0193. The van der Waals surface area contributed by atoms with E-state index in [2.05, 4.69) is 0 Å². The number of piperazine rings is 1. The molecule has 0 radical (unpaired) electrons. The lowest BCUT2D eigenvalue weighted by Crippen LogP contribution is -2.50. The summed E-state index contributed by atoms with van der Waals surface area (Å²) in [6.45, 7) is 6.43. The van der Waals surface area contributed by atoms with Crippen molar-refractivity contribution in [3.8, 4) is 0 Å². The maximum absolute atomic E-state index is 12.9. The molecule has 1 fully saturated rings. The standard InChI is InChI=1S/C21H27N3O5/c1-14(2)13-24-20(27)16-5-4-15(12-17(16)21(24)28)19(26)23-9-7-22(8-10-23)18(25)6-11-29-3/h4-5,12,14H,6-11,13H2,1-3H3. The topological polar surface area (TPSA) is 87.2 Å². The highest BCUT2D eigenvalue weighted by Gasteiger charge is 2.36. The number of carbonyl (C=O) groups is 4. The quantitative estimate of drug-likeness (QED) is 0.670. The van der Waals surface area contributed by atoms with E-state index in [0.717, 1.165) is 0 Å². The SMILES string of the molecule is COCCC(=O)N1CCN(C(=O)c2ccc3c(c2)C(=O)N(CC(C)C)C3=O)CC1. The fourth-order valence-electron chi connectivity index (χ4n) is 3.64. The number of ether oxygens (including phenoxy) is 1. The Labute approximate surface area is 170 Å². The third kappa shape index (κ3) is 4.32. The van der Waals surface area contributed by atoms with Gasteiger partial charge in [-0.2, -0.15) is 0 Å². The van der Waals surface area contributed by atoms with Crippen LogP contribution in [0, 0.1) is 5.92 Å². The fourth-order valence-corrected chi connectivity index (χ4v) is 3.64. The lowest BCUT2D eigenvalue weighted by molar-refractivity contribution is -0.133. The second kappa shape index (κ2) is 8.73. The second-order valence-corrected chi connectivity index (χ2v) is 7.79. The molecule has 0 unspecified atom stereocenters. The van der Waals surface area contributed by atoms with Crippen molar-refractivity contribution in [2.24, 2.45) is 5.92 Å². The molecule has 1 aromatic carbocycles. The zero-order valence-corrected chi connectivity index (χ0v) is 17.1. The predicted molar refractivity (Wildman–Crippen MR) is 106 cm³/mol. The lowest BCUT2D eigenvalue weighted by atomic mass is 10.0. The van der Waals surface area contributed by atoms with E-state index < -0.39 is 0 Å². The van der Waals surface area contributed by atoms with Crippen LogP contribution < -0.4 is 0 Å². The Bertz CT molecular complexity index is 828. The number of rotatable bonds is 6. The van der Waals surface area contributed by atoms with E-state index in [1.54, 1.807) is 29.0 Å². The molecule has 2 aliphatic heterocycles. The highest BCUT2D eigenvalue weighted by Crippen LogP contribution is 2.25. The molecule has 0 N–H and O–H groups in total. The molecule has 0 bridgehead atoms. The van der Waals surface area contributed by atoms with Gasteiger partial charge in [-0.3, -0.25) is 24.1 Å². The first kappa shape index (κ1) is 21.0. The van der Waals surface area contributed by atoms with Crippen LogP contribution in [0.5, 0.6) is 0 Å². The second-order valence-electron chi connectivity index (χ2n) is 7.79. The zero-order chi connectivity index (χ0) is 21.1. The summed E-state index contributed by atoms with van der Waals surface area (Å²) in [5, 5.41) is 0. The van der Waals surface area contributed by atoms with E-state index in [1.807, 2.05) is 13.8 Å². The molecule has 4 amide bonds. The summed E-state index contributed by atoms with van der Waals surface area (Å²) >= 11 is 0. The number of benzene rings is 1. The van der Waals surface area contributed by atoms with Gasteiger partial charge in [-0.25, -0.2) is 0 Å². The Morgan fingerprint density at radius 1 is 1.00 bits per heavy atom. The molecule has 8 heteroatoms. The van der Waals surface area contributed by atoms with Crippen molar-refractivity contribution in [2.45, 2.75) is 20.3 Å². The largest absolute Gasteiger partial charge is 0.384 e. The van der Waals surface area contributed by atoms with Crippen molar-refractivity contribution in [2.75, 3.05) is 46.4 Å². The molecule has 8 nitrogen and oxygen atoms in total. The Morgan fingerprint density at radius 2 is 1.62 bits per heavy atom. The van der Waals surface area contributed by atoms with Gasteiger partial charge in [0, 0.05) is 45.4 Å². The normalized spacial score (nSPS) is 16.6. The number of nitrogens with zero attached hydrogens (tertiary/aromatic N) is 3. The Balaban J connectivity index is 1.67. The summed E-state index contributed by atoms with van der Waals surface area (Å²) in [6.07, 6.45) is 0.332. The van der Waals surface area contributed by atoms with E-state index in [0.29, 0.717) is 56.9 Å². The molecule has 0 aliphatic carbocycles. The molecule has 0 aromatic heterocycles. The average Bonchev–Trinajstić information content (AvgIpc) is 2.95. The van der Waals surface area contributed by atoms with Gasteiger partial charge in [0.25, 0.3) is 17.7 Å². The molecule has 29 heavy (non-hydrogen) atoms. The number of carbonyl (C=O) groups excluding carboxylic acids is 4. The molecule has 1 saturated heterocycles.